The molecule has 244 valence electrons. The maximum Gasteiger partial charge on any atom is 0.355 e. The van der Waals surface area contributed by atoms with Crippen molar-refractivity contribution in [2.24, 2.45) is 0 Å². The maximum atomic E-state index is 16.2. The summed E-state index contributed by atoms with van der Waals surface area (Å²) in [6.07, 6.45) is 6.46. The molecule has 0 unspecified atom stereocenters. The van der Waals surface area contributed by atoms with Gasteiger partial charge in [-0.2, -0.15) is 4.98 Å². The molecule has 5 aromatic rings. The van der Waals surface area contributed by atoms with Gasteiger partial charge >= 0.3 is 5.69 Å². The second-order valence-corrected chi connectivity index (χ2v) is 12.5. The zero-order valence-corrected chi connectivity index (χ0v) is 27.3. The number of amides is 1. The third kappa shape index (κ3) is 5.89. The molecule has 1 saturated heterocycles. The SMILES string of the molecule is Cc1ccnc(C(C)C)c1-n1c(=O)nc(N2CCN(C(=O)/C=C/CN(C)C)C[C@@H]2C)c2cc(F)c(-c3c(F)ccc4ccoc34)nc21. The van der Waals surface area contributed by atoms with E-state index in [9.17, 15) is 9.59 Å². The van der Waals surface area contributed by atoms with Crippen LogP contribution in [0.4, 0.5) is 14.6 Å². The number of hydrogen-bond donors (Lipinski definition) is 0. The van der Waals surface area contributed by atoms with Gasteiger partial charge in [-0.15, -0.1) is 0 Å². The third-order valence-corrected chi connectivity index (χ3v) is 8.48. The Kier molecular flexibility index (Phi) is 8.63. The lowest BCUT2D eigenvalue weighted by molar-refractivity contribution is -0.126. The van der Waals surface area contributed by atoms with Crippen LogP contribution in [-0.4, -0.2) is 81.5 Å². The molecule has 47 heavy (non-hydrogen) atoms. The van der Waals surface area contributed by atoms with Crippen molar-refractivity contribution in [2.45, 2.75) is 39.7 Å². The highest BCUT2D eigenvalue weighted by Crippen LogP contribution is 2.37. The van der Waals surface area contributed by atoms with E-state index < -0.39 is 17.3 Å². The minimum absolute atomic E-state index is 0.0711. The number of fused-ring (bicyclic) bond motifs is 2. The van der Waals surface area contributed by atoms with E-state index in [0.29, 0.717) is 42.9 Å². The summed E-state index contributed by atoms with van der Waals surface area (Å²) in [4.78, 5) is 46.4. The molecule has 10 nitrogen and oxygen atoms in total. The number of aromatic nitrogens is 4. The van der Waals surface area contributed by atoms with Crippen LogP contribution < -0.4 is 10.6 Å². The van der Waals surface area contributed by atoms with E-state index in [1.807, 2.05) is 57.7 Å². The molecule has 0 N–H and O–H groups in total. The molecule has 1 aromatic carbocycles. The summed E-state index contributed by atoms with van der Waals surface area (Å²) in [7, 11) is 3.85. The summed E-state index contributed by atoms with van der Waals surface area (Å²) in [5.74, 6) is -1.44. The third-order valence-electron chi connectivity index (χ3n) is 8.48. The minimum Gasteiger partial charge on any atom is -0.464 e. The van der Waals surface area contributed by atoms with Gasteiger partial charge in [0.1, 0.15) is 22.9 Å². The van der Waals surface area contributed by atoms with Crippen LogP contribution in [0.2, 0.25) is 0 Å². The van der Waals surface area contributed by atoms with Crippen molar-refractivity contribution in [2.75, 3.05) is 45.2 Å². The van der Waals surface area contributed by atoms with Crippen LogP contribution in [0.5, 0.6) is 0 Å². The smallest absolute Gasteiger partial charge is 0.355 e. The van der Waals surface area contributed by atoms with Crippen LogP contribution in [0, 0.1) is 18.6 Å². The van der Waals surface area contributed by atoms with Crippen LogP contribution in [0.15, 0.2) is 64.2 Å². The number of halogens is 2. The highest BCUT2D eigenvalue weighted by Gasteiger charge is 2.31. The topological polar surface area (TPSA) is 101 Å². The molecule has 5 heterocycles. The van der Waals surface area contributed by atoms with Crippen molar-refractivity contribution in [1.82, 2.24) is 29.3 Å². The molecular weight excluding hydrogens is 604 g/mol. The molecule has 1 aliphatic rings. The molecule has 6 rings (SSSR count). The van der Waals surface area contributed by atoms with Gasteiger partial charge in [-0.25, -0.2) is 23.1 Å². The summed E-state index contributed by atoms with van der Waals surface area (Å²) < 4.78 is 38.6. The lowest BCUT2D eigenvalue weighted by Gasteiger charge is -2.40. The van der Waals surface area contributed by atoms with Crippen molar-refractivity contribution in [3.63, 3.8) is 0 Å². The number of likely N-dealkylation sites (N-methyl/N-ethyl adjacent to an activating group) is 1. The number of carbonyl (C=O) groups excluding carboxylic acids is 1. The van der Waals surface area contributed by atoms with Gasteiger partial charge < -0.3 is 19.1 Å². The number of carbonyl (C=O) groups is 1. The van der Waals surface area contributed by atoms with E-state index in [4.69, 9.17) is 9.40 Å². The van der Waals surface area contributed by atoms with Gasteiger partial charge in [0, 0.05) is 49.9 Å². The number of aryl methyl sites for hydroxylation is 1. The van der Waals surface area contributed by atoms with Crippen molar-refractivity contribution in [3.8, 4) is 16.9 Å². The number of furan rings is 1. The quantitative estimate of drug-likeness (QED) is 0.216. The Balaban J connectivity index is 1.55. The fourth-order valence-electron chi connectivity index (χ4n) is 6.16. The van der Waals surface area contributed by atoms with E-state index in [-0.39, 0.29) is 51.6 Å². The van der Waals surface area contributed by atoms with Crippen LogP contribution in [0.1, 0.15) is 37.9 Å². The Morgan fingerprint density at radius 3 is 2.64 bits per heavy atom. The van der Waals surface area contributed by atoms with E-state index in [1.165, 1.54) is 23.0 Å². The van der Waals surface area contributed by atoms with Crippen molar-refractivity contribution in [3.05, 3.63) is 88.3 Å². The predicted molar refractivity (Wildman–Crippen MR) is 178 cm³/mol. The van der Waals surface area contributed by atoms with Crippen molar-refractivity contribution < 1.29 is 18.0 Å². The fraction of sp³-hybridized carbons (Fsp3) is 0.343. The first-order chi connectivity index (χ1) is 22.5. The second-order valence-electron chi connectivity index (χ2n) is 12.5. The first-order valence-electron chi connectivity index (χ1n) is 15.6. The molecule has 1 aliphatic heterocycles. The van der Waals surface area contributed by atoms with E-state index in [2.05, 4.69) is 9.97 Å². The molecular formula is C35H37F2N7O3. The minimum atomic E-state index is -0.798. The summed E-state index contributed by atoms with van der Waals surface area (Å²) in [5, 5.41) is 0.854. The normalized spacial score (nSPS) is 15.7. The number of hydrogen-bond acceptors (Lipinski definition) is 8. The summed E-state index contributed by atoms with van der Waals surface area (Å²) in [6.45, 7) is 9.45. The van der Waals surface area contributed by atoms with Crippen molar-refractivity contribution in [1.29, 1.82) is 0 Å². The van der Waals surface area contributed by atoms with Gasteiger partial charge in [0.05, 0.1) is 28.6 Å². The van der Waals surface area contributed by atoms with Gasteiger partial charge in [0.2, 0.25) is 5.91 Å². The average molecular weight is 642 g/mol. The monoisotopic (exact) mass is 641 g/mol. The molecule has 0 saturated carbocycles. The lowest BCUT2D eigenvalue weighted by Crippen LogP contribution is -2.54. The van der Waals surface area contributed by atoms with Gasteiger partial charge in [-0.1, -0.05) is 19.9 Å². The molecule has 4 aromatic heterocycles. The lowest BCUT2D eigenvalue weighted by atomic mass is 10.0. The van der Waals surface area contributed by atoms with E-state index in [0.717, 1.165) is 5.56 Å². The second kappa shape index (κ2) is 12.7. The molecule has 0 spiro atoms. The summed E-state index contributed by atoms with van der Waals surface area (Å²) in [6, 6.07) is 7.23. The molecule has 12 heteroatoms. The molecule has 1 amide bonds. The maximum absolute atomic E-state index is 16.2. The van der Waals surface area contributed by atoms with E-state index in [1.54, 1.807) is 35.4 Å². The zero-order valence-electron chi connectivity index (χ0n) is 27.3. The highest BCUT2D eigenvalue weighted by atomic mass is 19.1. The summed E-state index contributed by atoms with van der Waals surface area (Å²) in [5.41, 5.74) is 1.06. The molecule has 1 fully saturated rings. The summed E-state index contributed by atoms with van der Waals surface area (Å²) >= 11 is 0. The number of piperazine rings is 1. The number of benzene rings is 1. The van der Waals surface area contributed by atoms with Crippen LogP contribution in [0.25, 0.3) is 38.9 Å². The predicted octanol–water partition coefficient (Wildman–Crippen LogP) is 5.45. The van der Waals surface area contributed by atoms with Crippen LogP contribution >= 0.6 is 0 Å². The first kappa shape index (κ1) is 32.0. The average Bonchev–Trinajstić information content (AvgIpc) is 3.50. The molecule has 0 aliphatic carbocycles. The highest BCUT2D eigenvalue weighted by molar-refractivity contribution is 5.95. The van der Waals surface area contributed by atoms with E-state index >= 15 is 8.78 Å². The molecule has 1 atom stereocenters. The number of rotatable bonds is 7. The van der Waals surface area contributed by atoms with Crippen molar-refractivity contribution >= 4 is 33.7 Å². The Hall–Kier alpha value is -4.97. The van der Waals surface area contributed by atoms with Gasteiger partial charge in [0.25, 0.3) is 0 Å². The van der Waals surface area contributed by atoms with Crippen LogP contribution in [0.3, 0.4) is 0 Å². The molecule has 0 bridgehead atoms. The number of nitrogens with zero attached hydrogens (tertiary/aromatic N) is 7. The Morgan fingerprint density at radius 2 is 1.91 bits per heavy atom. The zero-order chi connectivity index (χ0) is 33.6. The fourth-order valence-corrected chi connectivity index (χ4v) is 6.16. The van der Waals surface area contributed by atoms with Crippen LogP contribution in [-0.2, 0) is 4.79 Å². The largest absolute Gasteiger partial charge is 0.464 e. The number of pyridine rings is 2. The molecule has 0 radical (unpaired) electrons. The van der Waals surface area contributed by atoms with Gasteiger partial charge in [-0.3, -0.25) is 9.78 Å². The Labute approximate surface area is 271 Å². The van der Waals surface area contributed by atoms with Gasteiger partial charge in [-0.05, 0) is 69.8 Å². The first-order valence-corrected chi connectivity index (χ1v) is 15.6. The standard InChI is InChI=1S/C35H37F2N7O3/c1-20(2)29-31(21(3)11-13-38-29)44-34-24(18-26(37)30(39-34)28-25(36)10-9-23-12-17-47-32(23)28)33(40-35(44)46)43-16-15-42(19-22(43)4)27(45)8-7-14-41(5)6/h7-13,17-18,20,22H,14-16,19H2,1-6H3/b8-7+/t22-/m0/s1. The Bertz CT molecular complexity index is 2090. The number of anilines is 1. The van der Waals surface area contributed by atoms with Gasteiger partial charge in [0.15, 0.2) is 11.5 Å². The Morgan fingerprint density at radius 1 is 1.13 bits per heavy atom.